The van der Waals surface area contributed by atoms with Gasteiger partial charge in [0.25, 0.3) is 11.8 Å². The number of hydrogen-bond acceptors (Lipinski definition) is 3. The van der Waals surface area contributed by atoms with Crippen LogP contribution in [0.15, 0.2) is 48.5 Å². The first-order valence-electron chi connectivity index (χ1n) is 9.12. The first-order chi connectivity index (χ1) is 13.1. The molecule has 5 nitrogen and oxygen atoms in total. The number of carbonyl (C=O) groups excluding carboxylic acids is 3. The first-order valence-corrected chi connectivity index (χ1v) is 10.2. The number of imide groups is 1. The van der Waals surface area contributed by atoms with Crippen molar-refractivity contribution in [3.05, 3.63) is 63.2 Å². The summed E-state index contributed by atoms with van der Waals surface area (Å²) in [6.45, 7) is 7.59. The number of benzene rings is 2. The number of amides is 3. The van der Waals surface area contributed by atoms with Gasteiger partial charge in [-0.05, 0) is 86.7 Å². The minimum absolute atomic E-state index is 0.0142. The summed E-state index contributed by atoms with van der Waals surface area (Å²) in [7, 11) is 0. The minimum atomic E-state index is -0.819. The van der Waals surface area contributed by atoms with Crippen LogP contribution in [-0.2, 0) is 9.59 Å². The van der Waals surface area contributed by atoms with Crippen molar-refractivity contribution in [1.82, 2.24) is 4.90 Å². The Hall–Kier alpha value is -2.22. The van der Waals surface area contributed by atoms with Crippen LogP contribution in [0.1, 0.15) is 43.1 Å². The molecule has 2 aromatic rings. The van der Waals surface area contributed by atoms with Gasteiger partial charge in [-0.2, -0.15) is 0 Å². The van der Waals surface area contributed by atoms with Crippen molar-refractivity contribution < 1.29 is 14.4 Å². The van der Waals surface area contributed by atoms with Gasteiger partial charge in [0.1, 0.15) is 6.04 Å². The van der Waals surface area contributed by atoms with Gasteiger partial charge in [-0.3, -0.25) is 14.4 Å². The summed E-state index contributed by atoms with van der Waals surface area (Å²) in [6, 6.07) is 13.6. The maximum atomic E-state index is 13.3. The fourth-order valence-corrected chi connectivity index (χ4v) is 3.79. The average Bonchev–Trinajstić information content (AvgIpc) is 2.89. The maximum absolute atomic E-state index is 13.3. The van der Waals surface area contributed by atoms with E-state index >= 15 is 0 Å². The van der Waals surface area contributed by atoms with E-state index in [1.54, 1.807) is 29.2 Å². The van der Waals surface area contributed by atoms with Crippen LogP contribution in [0, 0.1) is 10.5 Å². The molecule has 1 aliphatic rings. The van der Waals surface area contributed by atoms with Crippen molar-refractivity contribution in [3.8, 4) is 0 Å². The number of aryl methyl sites for hydroxylation is 1. The van der Waals surface area contributed by atoms with Gasteiger partial charge in [0, 0.05) is 14.7 Å². The highest BCUT2D eigenvalue weighted by molar-refractivity contribution is 14.1. The molecule has 0 saturated carbocycles. The van der Waals surface area contributed by atoms with Gasteiger partial charge in [0.15, 0.2) is 0 Å². The summed E-state index contributed by atoms with van der Waals surface area (Å²) in [6.07, 6.45) is -0.0142. The van der Waals surface area contributed by atoms with E-state index in [1.165, 1.54) is 4.90 Å². The normalized spacial score (nSPS) is 17.2. The standard InChI is InChI=1S/C22H23IN2O3/c1-14-5-7-15(8-6-14)20(27)25(22(2,3)4)18-13-19(26)24(21(18)28)17-11-9-16(23)10-12-17/h5-12,18H,13H2,1-4H3. The molecule has 1 fully saturated rings. The van der Waals surface area contributed by atoms with Crippen molar-refractivity contribution in [2.24, 2.45) is 0 Å². The van der Waals surface area contributed by atoms with Crippen LogP contribution in [0.25, 0.3) is 0 Å². The summed E-state index contributed by atoms with van der Waals surface area (Å²) in [5.41, 5.74) is 1.48. The predicted molar refractivity (Wildman–Crippen MR) is 117 cm³/mol. The highest BCUT2D eigenvalue weighted by Crippen LogP contribution is 2.31. The topological polar surface area (TPSA) is 57.7 Å². The molecule has 0 aromatic heterocycles. The van der Waals surface area contributed by atoms with Crippen molar-refractivity contribution in [1.29, 1.82) is 0 Å². The van der Waals surface area contributed by atoms with E-state index in [1.807, 2.05) is 52.0 Å². The Labute approximate surface area is 178 Å². The van der Waals surface area contributed by atoms with E-state index < -0.39 is 11.6 Å². The number of hydrogen-bond donors (Lipinski definition) is 0. The molecule has 0 spiro atoms. The molecule has 1 unspecified atom stereocenters. The Morgan fingerprint density at radius 1 is 1.04 bits per heavy atom. The van der Waals surface area contributed by atoms with E-state index in [4.69, 9.17) is 0 Å². The van der Waals surface area contributed by atoms with Crippen molar-refractivity contribution >= 4 is 46.0 Å². The number of carbonyl (C=O) groups is 3. The predicted octanol–water partition coefficient (Wildman–Crippen LogP) is 4.17. The van der Waals surface area contributed by atoms with E-state index in [9.17, 15) is 14.4 Å². The van der Waals surface area contributed by atoms with E-state index in [0.29, 0.717) is 11.3 Å². The first kappa shape index (κ1) is 20.5. The van der Waals surface area contributed by atoms with Crippen LogP contribution in [0.5, 0.6) is 0 Å². The monoisotopic (exact) mass is 490 g/mol. The smallest absolute Gasteiger partial charge is 0.257 e. The SMILES string of the molecule is Cc1ccc(C(=O)N(C2CC(=O)N(c3ccc(I)cc3)C2=O)C(C)(C)C)cc1. The van der Waals surface area contributed by atoms with Crippen LogP contribution >= 0.6 is 22.6 Å². The van der Waals surface area contributed by atoms with E-state index in [2.05, 4.69) is 22.6 Å². The largest absolute Gasteiger partial charge is 0.321 e. The lowest BCUT2D eigenvalue weighted by Gasteiger charge is -2.39. The molecule has 28 heavy (non-hydrogen) atoms. The third kappa shape index (κ3) is 3.97. The van der Waals surface area contributed by atoms with Crippen LogP contribution in [0.4, 0.5) is 5.69 Å². The average molecular weight is 490 g/mol. The molecule has 0 radical (unpaired) electrons. The molecule has 3 rings (SSSR count). The second kappa shape index (κ2) is 7.66. The lowest BCUT2D eigenvalue weighted by atomic mass is 9.99. The third-order valence-electron chi connectivity index (χ3n) is 4.76. The van der Waals surface area contributed by atoms with Crippen LogP contribution in [0.2, 0.25) is 0 Å². The molecule has 6 heteroatoms. The third-order valence-corrected chi connectivity index (χ3v) is 5.48. The Balaban J connectivity index is 1.96. The van der Waals surface area contributed by atoms with Gasteiger partial charge < -0.3 is 4.90 Å². The lowest BCUT2D eigenvalue weighted by Crippen LogP contribution is -2.54. The molecule has 2 aromatic carbocycles. The molecule has 0 bridgehead atoms. The summed E-state index contributed by atoms with van der Waals surface area (Å²) in [5.74, 6) is -0.896. The summed E-state index contributed by atoms with van der Waals surface area (Å²) in [5, 5.41) is 0. The van der Waals surface area contributed by atoms with Gasteiger partial charge >= 0.3 is 0 Å². The zero-order valence-electron chi connectivity index (χ0n) is 16.4. The molecule has 0 N–H and O–H groups in total. The molecule has 146 valence electrons. The second-order valence-corrected chi connectivity index (χ2v) is 9.22. The molecule has 1 saturated heterocycles. The van der Waals surface area contributed by atoms with Gasteiger partial charge in [0.2, 0.25) is 5.91 Å². The number of anilines is 1. The zero-order valence-corrected chi connectivity index (χ0v) is 18.6. The molecule has 1 heterocycles. The van der Waals surface area contributed by atoms with Gasteiger partial charge in [-0.15, -0.1) is 0 Å². The number of nitrogens with zero attached hydrogens (tertiary/aromatic N) is 2. The Bertz CT molecular complexity index is 914. The van der Waals surface area contributed by atoms with Crippen LogP contribution < -0.4 is 4.90 Å². The minimum Gasteiger partial charge on any atom is -0.321 e. The summed E-state index contributed by atoms with van der Waals surface area (Å²) >= 11 is 2.17. The van der Waals surface area contributed by atoms with Crippen molar-refractivity contribution in [2.75, 3.05) is 4.90 Å². The van der Waals surface area contributed by atoms with Crippen LogP contribution in [-0.4, -0.2) is 34.2 Å². The summed E-state index contributed by atoms with van der Waals surface area (Å²) in [4.78, 5) is 41.9. The number of rotatable bonds is 3. The Morgan fingerprint density at radius 3 is 2.14 bits per heavy atom. The molecular formula is C22H23IN2O3. The maximum Gasteiger partial charge on any atom is 0.257 e. The lowest BCUT2D eigenvalue weighted by molar-refractivity contribution is -0.123. The molecule has 1 aliphatic heterocycles. The second-order valence-electron chi connectivity index (χ2n) is 7.98. The van der Waals surface area contributed by atoms with E-state index in [0.717, 1.165) is 9.13 Å². The van der Waals surface area contributed by atoms with Crippen LogP contribution in [0.3, 0.4) is 0 Å². The van der Waals surface area contributed by atoms with Crippen molar-refractivity contribution in [2.45, 2.75) is 45.7 Å². The fraction of sp³-hybridized carbons (Fsp3) is 0.318. The molecule has 3 amide bonds. The molecule has 0 aliphatic carbocycles. The van der Waals surface area contributed by atoms with Crippen molar-refractivity contribution in [3.63, 3.8) is 0 Å². The van der Waals surface area contributed by atoms with E-state index in [-0.39, 0.29) is 24.1 Å². The highest BCUT2D eigenvalue weighted by Gasteiger charge is 2.47. The molecular weight excluding hydrogens is 467 g/mol. The summed E-state index contributed by atoms with van der Waals surface area (Å²) < 4.78 is 1.02. The van der Waals surface area contributed by atoms with Gasteiger partial charge in [-0.1, -0.05) is 17.7 Å². The quantitative estimate of drug-likeness (QED) is 0.480. The van der Waals surface area contributed by atoms with Gasteiger partial charge in [-0.25, -0.2) is 4.90 Å². The Kier molecular flexibility index (Phi) is 5.61. The highest BCUT2D eigenvalue weighted by atomic mass is 127. The number of halogens is 1. The molecule has 1 atom stereocenters. The zero-order chi connectivity index (χ0) is 20.6. The Morgan fingerprint density at radius 2 is 1.61 bits per heavy atom. The fourth-order valence-electron chi connectivity index (χ4n) is 3.43. The van der Waals surface area contributed by atoms with Gasteiger partial charge in [0.05, 0.1) is 12.1 Å².